The number of anilines is 2. The van der Waals surface area contributed by atoms with Gasteiger partial charge >= 0.3 is 12.1 Å². The van der Waals surface area contributed by atoms with Crippen molar-refractivity contribution in [1.29, 1.82) is 0 Å². The van der Waals surface area contributed by atoms with Gasteiger partial charge in [-0.1, -0.05) is 36.4 Å². The van der Waals surface area contributed by atoms with Crippen molar-refractivity contribution in [3.05, 3.63) is 60.7 Å². The highest BCUT2D eigenvalue weighted by Crippen LogP contribution is 2.13. The number of hydrogen-bond donors (Lipinski definition) is 2. The van der Waals surface area contributed by atoms with Crippen molar-refractivity contribution in [2.24, 2.45) is 0 Å². The van der Waals surface area contributed by atoms with E-state index >= 15 is 0 Å². The van der Waals surface area contributed by atoms with E-state index in [1.54, 1.807) is 29.2 Å². The fourth-order valence-corrected chi connectivity index (χ4v) is 2.73. The second-order valence-electron chi connectivity index (χ2n) is 5.55. The maximum atomic E-state index is 12.3. The molecule has 8 heteroatoms. The number of urea groups is 1. The quantitative estimate of drug-likeness (QED) is 0.808. The fraction of sp³-hybridized carbons (Fsp3) is 0.167. The number of amides is 3. The molecule has 3 amide bonds. The van der Waals surface area contributed by atoms with Crippen molar-refractivity contribution >= 4 is 40.8 Å². The van der Waals surface area contributed by atoms with Crippen LogP contribution in [0.3, 0.4) is 0 Å². The molecule has 0 aliphatic carbocycles. The molecule has 1 fully saturated rings. The third kappa shape index (κ3) is 4.48. The molecule has 0 unspecified atom stereocenters. The zero-order valence-electron chi connectivity index (χ0n) is 13.9. The number of benzene rings is 2. The normalized spacial score (nSPS) is 13.5. The van der Waals surface area contributed by atoms with Gasteiger partial charge in [0.2, 0.25) is 0 Å². The minimum absolute atomic E-state index is 0.0212. The summed E-state index contributed by atoms with van der Waals surface area (Å²) in [6.45, 7) is 0.910. The molecule has 0 atom stereocenters. The Labute approximate surface area is 156 Å². The largest absolute Gasteiger partial charge is 0.428 e. The van der Waals surface area contributed by atoms with Crippen molar-refractivity contribution in [2.45, 2.75) is 0 Å². The lowest BCUT2D eigenvalue weighted by Crippen LogP contribution is -2.39. The van der Waals surface area contributed by atoms with Crippen LogP contribution in [-0.2, 0) is 4.74 Å². The zero-order chi connectivity index (χ0) is 18.4. The Morgan fingerprint density at radius 1 is 0.923 bits per heavy atom. The first-order chi connectivity index (χ1) is 12.6. The standard InChI is InChI=1S/C18H18N4O3S/c23-16(19-14-7-3-1-4-8-14)22-12-11-21(18(22)26)13-25-17(24)20-15-9-5-2-6-10-15/h1-10H,11-13H2,(H,19,23)(H,20,24). The summed E-state index contributed by atoms with van der Waals surface area (Å²) in [4.78, 5) is 27.3. The summed E-state index contributed by atoms with van der Waals surface area (Å²) in [6, 6.07) is 17.8. The van der Waals surface area contributed by atoms with E-state index in [2.05, 4.69) is 10.6 Å². The lowest BCUT2D eigenvalue weighted by molar-refractivity contribution is 0.120. The van der Waals surface area contributed by atoms with Gasteiger partial charge in [-0.15, -0.1) is 0 Å². The lowest BCUT2D eigenvalue weighted by Gasteiger charge is -2.20. The number of rotatable bonds is 4. The monoisotopic (exact) mass is 370 g/mol. The van der Waals surface area contributed by atoms with Crippen LogP contribution in [0.2, 0.25) is 0 Å². The second kappa shape index (κ2) is 8.30. The number of thiocarbonyl (C=S) groups is 1. The topological polar surface area (TPSA) is 73.9 Å². The second-order valence-corrected chi connectivity index (χ2v) is 5.91. The predicted octanol–water partition coefficient (Wildman–Crippen LogP) is 3.33. The molecule has 134 valence electrons. The minimum Gasteiger partial charge on any atom is -0.428 e. The molecule has 1 heterocycles. The first kappa shape index (κ1) is 17.7. The first-order valence-corrected chi connectivity index (χ1v) is 8.45. The first-order valence-electron chi connectivity index (χ1n) is 8.05. The van der Waals surface area contributed by atoms with E-state index in [4.69, 9.17) is 17.0 Å². The van der Waals surface area contributed by atoms with Crippen molar-refractivity contribution < 1.29 is 14.3 Å². The molecule has 1 saturated heterocycles. The van der Waals surface area contributed by atoms with Gasteiger partial charge in [0, 0.05) is 24.5 Å². The number of ether oxygens (including phenoxy) is 1. The molecule has 2 N–H and O–H groups in total. The Kier molecular flexibility index (Phi) is 5.65. The Hall–Kier alpha value is -3.13. The highest BCUT2D eigenvalue weighted by molar-refractivity contribution is 7.80. The van der Waals surface area contributed by atoms with Crippen molar-refractivity contribution in [3.8, 4) is 0 Å². The number of carbonyl (C=O) groups is 2. The van der Waals surface area contributed by atoms with Gasteiger partial charge in [-0.3, -0.25) is 10.2 Å². The molecule has 3 rings (SSSR count). The molecule has 1 aliphatic heterocycles. The van der Waals surface area contributed by atoms with E-state index in [9.17, 15) is 9.59 Å². The zero-order valence-corrected chi connectivity index (χ0v) is 14.7. The van der Waals surface area contributed by atoms with Gasteiger partial charge in [-0.05, 0) is 36.5 Å². The van der Waals surface area contributed by atoms with Crippen molar-refractivity contribution in [2.75, 3.05) is 30.5 Å². The van der Waals surface area contributed by atoms with Gasteiger partial charge < -0.3 is 15.0 Å². The Morgan fingerprint density at radius 3 is 2.12 bits per heavy atom. The summed E-state index contributed by atoms with van der Waals surface area (Å²) < 4.78 is 5.18. The molecule has 0 bridgehead atoms. The fourth-order valence-electron chi connectivity index (χ4n) is 2.42. The van der Waals surface area contributed by atoms with E-state index < -0.39 is 6.09 Å². The molecule has 0 spiro atoms. The van der Waals surface area contributed by atoms with Gasteiger partial charge in [-0.2, -0.15) is 0 Å². The molecule has 0 aromatic heterocycles. The predicted molar refractivity (Wildman–Crippen MR) is 103 cm³/mol. The van der Waals surface area contributed by atoms with Crippen LogP contribution >= 0.6 is 12.2 Å². The van der Waals surface area contributed by atoms with E-state index in [-0.39, 0.29) is 12.8 Å². The maximum absolute atomic E-state index is 12.3. The van der Waals surface area contributed by atoms with Crippen LogP contribution in [0.4, 0.5) is 21.0 Å². The Morgan fingerprint density at radius 2 is 1.50 bits per heavy atom. The third-order valence-corrected chi connectivity index (χ3v) is 4.22. The van der Waals surface area contributed by atoms with Crippen LogP contribution in [0.5, 0.6) is 0 Å². The summed E-state index contributed by atoms with van der Waals surface area (Å²) in [5.74, 6) is 0. The smallest absolute Gasteiger partial charge is 0.413 e. The van der Waals surface area contributed by atoms with E-state index in [1.165, 1.54) is 4.90 Å². The molecule has 1 aliphatic rings. The summed E-state index contributed by atoms with van der Waals surface area (Å²) >= 11 is 5.32. The van der Waals surface area contributed by atoms with Crippen LogP contribution in [0.25, 0.3) is 0 Å². The van der Waals surface area contributed by atoms with E-state index in [0.29, 0.717) is 29.6 Å². The highest BCUT2D eigenvalue weighted by atomic mass is 32.1. The minimum atomic E-state index is -0.578. The average Bonchev–Trinajstić information content (AvgIpc) is 3.02. The van der Waals surface area contributed by atoms with Crippen LogP contribution < -0.4 is 10.6 Å². The van der Waals surface area contributed by atoms with Crippen LogP contribution in [0, 0.1) is 0 Å². The Balaban J connectivity index is 1.48. The van der Waals surface area contributed by atoms with E-state index in [1.807, 2.05) is 36.4 Å². The molecular weight excluding hydrogens is 352 g/mol. The molecule has 7 nitrogen and oxygen atoms in total. The molecular formula is C18H18N4O3S. The maximum Gasteiger partial charge on any atom is 0.413 e. The summed E-state index contributed by atoms with van der Waals surface area (Å²) in [5, 5.41) is 5.73. The van der Waals surface area contributed by atoms with Crippen LogP contribution in [0.1, 0.15) is 0 Å². The summed E-state index contributed by atoms with van der Waals surface area (Å²) in [5.41, 5.74) is 1.34. The molecule has 26 heavy (non-hydrogen) atoms. The number of hydrogen-bond acceptors (Lipinski definition) is 4. The van der Waals surface area contributed by atoms with Gasteiger partial charge in [0.15, 0.2) is 11.8 Å². The molecule has 0 radical (unpaired) electrons. The number of carbonyl (C=O) groups excluding carboxylic acids is 2. The lowest BCUT2D eigenvalue weighted by atomic mass is 10.3. The number of para-hydroxylation sites is 2. The van der Waals surface area contributed by atoms with Gasteiger partial charge in [0.1, 0.15) is 0 Å². The van der Waals surface area contributed by atoms with Crippen molar-refractivity contribution in [3.63, 3.8) is 0 Å². The van der Waals surface area contributed by atoms with E-state index in [0.717, 1.165) is 0 Å². The summed E-state index contributed by atoms with van der Waals surface area (Å²) in [7, 11) is 0. The SMILES string of the molecule is O=C(Nc1ccccc1)OCN1CCN(C(=O)Nc2ccccc2)C1=S. The molecule has 2 aromatic carbocycles. The number of nitrogens with zero attached hydrogens (tertiary/aromatic N) is 2. The van der Waals surface area contributed by atoms with Crippen molar-refractivity contribution in [1.82, 2.24) is 9.80 Å². The molecule has 0 saturated carbocycles. The van der Waals surface area contributed by atoms with Gasteiger partial charge in [-0.25, -0.2) is 9.59 Å². The average molecular weight is 370 g/mol. The number of nitrogens with one attached hydrogen (secondary N) is 2. The third-order valence-electron chi connectivity index (χ3n) is 3.74. The molecule has 2 aromatic rings. The Bertz CT molecular complexity index is 786. The summed E-state index contributed by atoms with van der Waals surface area (Å²) in [6.07, 6.45) is -0.578. The highest BCUT2D eigenvalue weighted by Gasteiger charge is 2.30. The van der Waals surface area contributed by atoms with Gasteiger partial charge in [0.05, 0.1) is 0 Å². The van der Waals surface area contributed by atoms with Gasteiger partial charge in [0.25, 0.3) is 0 Å². The van der Waals surface area contributed by atoms with Crippen LogP contribution in [0.15, 0.2) is 60.7 Å². The van der Waals surface area contributed by atoms with Crippen LogP contribution in [-0.4, -0.2) is 46.9 Å².